The van der Waals surface area contributed by atoms with E-state index in [2.05, 4.69) is 25.9 Å². The molecule has 0 radical (unpaired) electrons. The fourth-order valence-corrected chi connectivity index (χ4v) is 2.58. The third-order valence-electron chi connectivity index (χ3n) is 3.23. The quantitative estimate of drug-likeness (QED) is 0.516. The summed E-state index contributed by atoms with van der Waals surface area (Å²) >= 11 is 18.1. The predicted octanol–water partition coefficient (Wildman–Crippen LogP) is 3.45. The van der Waals surface area contributed by atoms with Crippen LogP contribution in [0.4, 0.5) is 0 Å². The van der Waals surface area contributed by atoms with E-state index in [1.165, 1.54) is 6.21 Å². The van der Waals surface area contributed by atoms with E-state index in [4.69, 9.17) is 34.8 Å². The molecule has 0 aliphatic rings. The first kappa shape index (κ1) is 18.3. The monoisotopic (exact) mass is 408 g/mol. The van der Waals surface area contributed by atoms with E-state index < -0.39 is 5.91 Å². The number of carbonyl (C=O) groups is 1. The second-order valence-corrected chi connectivity index (χ2v) is 6.25. The number of carbonyl (C=O) groups excluding carboxylic acids is 1. The minimum atomic E-state index is -0.422. The fraction of sp³-hybridized carbons (Fsp3) is 0.0625. The molecule has 0 aliphatic carbocycles. The SMILES string of the molecule is O=C(Cn1nnc(-c2cccc(Cl)c2Cl)n1)N/N=C\c1ccccc1Cl. The highest BCUT2D eigenvalue weighted by Gasteiger charge is 2.13. The van der Waals surface area contributed by atoms with Gasteiger partial charge in [0.15, 0.2) is 0 Å². The first-order chi connectivity index (χ1) is 12.5. The molecule has 0 fully saturated rings. The molecule has 1 N–H and O–H groups in total. The smallest absolute Gasteiger partial charge is 0.263 e. The van der Waals surface area contributed by atoms with Crippen molar-refractivity contribution in [1.29, 1.82) is 0 Å². The number of hydrogen-bond donors (Lipinski definition) is 1. The van der Waals surface area contributed by atoms with Crippen molar-refractivity contribution in [1.82, 2.24) is 25.6 Å². The summed E-state index contributed by atoms with van der Waals surface area (Å²) in [7, 11) is 0. The Morgan fingerprint density at radius 3 is 2.69 bits per heavy atom. The lowest BCUT2D eigenvalue weighted by atomic mass is 10.2. The number of nitrogens with one attached hydrogen (secondary N) is 1. The number of nitrogens with zero attached hydrogens (tertiary/aromatic N) is 5. The van der Waals surface area contributed by atoms with Gasteiger partial charge >= 0.3 is 0 Å². The van der Waals surface area contributed by atoms with Gasteiger partial charge in [-0.1, -0.05) is 59.1 Å². The summed E-state index contributed by atoms with van der Waals surface area (Å²) in [5, 5.41) is 16.9. The van der Waals surface area contributed by atoms with Crippen LogP contribution in [-0.2, 0) is 11.3 Å². The molecule has 132 valence electrons. The van der Waals surface area contributed by atoms with Gasteiger partial charge in [-0.15, -0.1) is 10.2 Å². The largest absolute Gasteiger partial charge is 0.271 e. The highest BCUT2D eigenvalue weighted by atomic mass is 35.5. The molecular formula is C16H11Cl3N6O. The van der Waals surface area contributed by atoms with Gasteiger partial charge in [-0.05, 0) is 23.4 Å². The van der Waals surface area contributed by atoms with Crippen molar-refractivity contribution in [2.45, 2.75) is 6.54 Å². The number of halogens is 3. The van der Waals surface area contributed by atoms with E-state index in [9.17, 15) is 4.79 Å². The van der Waals surface area contributed by atoms with Gasteiger partial charge in [0, 0.05) is 16.1 Å². The lowest BCUT2D eigenvalue weighted by Gasteiger charge is -2.00. The Hall–Kier alpha value is -2.48. The van der Waals surface area contributed by atoms with Gasteiger partial charge in [-0.2, -0.15) is 9.90 Å². The molecule has 0 bridgehead atoms. The van der Waals surface area contributed by atoms with E-state index in [1.54, 1.807) is 36.4 Å². The van der Waals surface area contributed by atoms with Crippen LogP contribution in [0.2, 0.25) is 15.1 Å². The maximum atomic E-state index is 11.9. The third kappa shape index (κ3) is 4.37. The van der Waals surface area contributed by atoms with Gasteiger partial charge in [0.1, 0.15) is 6.54 Å². The molecule has 1 heterocycles. The average molecular weight is 410 g/mol. The van der Waals surface area contributed by atoms with Crippen molar-refractivity contribution in [2.24, 2.45) is 5.10 Å². The third-order valence-corrected chi connectivity index (χ3v) is 4.39. The molecule has 0 aliphatic heterocycles. The van der Waals surface area contributed by atoms with Gasteiger partial charge in [-0.3, -0.25) is 4.79 Å². The van der Waals surface area contributed by atoms with Gasteiger partial charge in [-0.25, -0.2) is 5.43 Å². The Morgan fingerprint density at radius 2 is 1.88 bits per heavy atom. The average Bonchev–Trinajstić information content (AvgIpc) is 3.07. The van der Waals surface area contributed by atoms with Crippen molar-refractivity contribution in [2.75, 3.05) is 0 Å². The predicted molar refractivity (Wildman–Crippen MR) is 100 cm³/mol. The maximum Gasteiger partial charge on any atom is 0.263 e. The summed E-state index contributed by atoms with van der Waals surface area (Å²) in [6.45, 7) is -0.162. The Bertz CT molecular complexity index is 972. The number of benzene rings is 2. The molecule has 1 aromatic heterocycles. The van der Waals surface area contributed by atoms with Gasteiger partial charge in [0.05, 0.1) is 16.3 Å². The number of tetrazole rings is 1. The second-order valence-electron chi connectivity index (χ2n) is 5.06. The molecule has 26 heavy (non-hydrogen) atoms. The number of aromatic nitrogens is 4. The van der Waals surface area contributed by atoms with Gasteiger partial charge in [0.2, 0.25) is 5.82 Å². The van der Waals surface area contributed by atoms with Crippen LogP contribution in [0.15, 0.2) is 47.6 Å². The first-order valence-electron chi connectivity index (χ1n) is 7.33. The number of hydrazone groups is 1. The zero-order valence-corrected chi connectivity index (χ0v) is 15.4. The van der Waals surface area contributed by atoms with E-state index in [1.807, 2.05) is 6.07 Å². The summed E-state index contributed by atoms with van der Waals surface area (Å²) < 4.78 is 0. The molecule has 0 atom stereocenters. The molecule has 1 amide bonds. The molecule has 0 saturated heterocycles. The van der Waals surface area contributed by atoms with E-state index >= 15 is 0 Å². The Balaban J connectivity index is 1.63. The molecule has 0 saturated carbocycles. The molecular weight excluding hydrogens is 399 g/mol. The molecule has 3 aromatic rings. The summed E-state index contributed by atoms with van der Waals surface area (Å²) in [6, 6.07) is 12.2. The van der Waals surface area contributed by atoms with Crippen molar-refractivity contribution < 1.29 is 4.79 Å². The molecule has 2 aromatic carbocycles. The Morgan fingerprint density at radius 1 is 1.12 bits per heavy atom. The molecule has 0 unspecified atom stereocenters. The summed E-state index contributed by atoms with van der Waals surface area (Å²) in [4.78, 5) is 13.1. The standard InChI is InChI=1S/C16H11Cl3N6O/c17-12-6-2-1-4-10(12)8-20-21-14(26)9-25-23-16(22-24-25)11-5-3-7-13(18)15(11)19/h1-8H,9H2,(H,21,26)/b20-8-. The first-order valence-corrected chi connectivity index (χ1v) is 8.46. The normalized spacial score (nSPS) is 11.0. The number of amides is 1. The number of rotatable bonds is 5. The Kier molecular flexibility index (Phi) is 5.82. The second kappa shape index (κ2) is 8.27. The van der Waals surface area contributed by atoms with E-state index in [0.717, 1.165) is 4.80 Å². The minimum Gasteiger partial charge on any atom is -0.271 e. The van der Waals surface area contributed by atoms with Crippen molar-refractivity contribution >= 4 is 46.9 Å². The highest BCUT2D eigenvalue weighted by Crippen LogP contribution is 2.31. The van der Waals surface area contributed by atoms with Crippen LogP contribution in [0.25, 0.3) is 11.4 Å². The summed E-state index contributed by atoms with van der Waals surface area (Å²) in [5.41, 5.74) is 3.59. The lowest BCUT2D eigenvalue weighted by Crippen LogP contribution is -2.24. The van der Waals surface area contributed by atoms with Crippen LogP contribution >= 0.6 is 34.8 Å². The van der Waals surface area contributed by atoms with Crippen LogP contribution in [0, 0.1) is 0 Å². The van der Waals surface area contributed by atoms with Crippen LogP contribution in [0.1, 0.15) is 5.56 Å². The zero-order valence-electron chi connectivity index (χ0n) is 13.1. The van der Waals surface area contributed by atoms with Crippen LogP contribution in [0.3, 0.4) is 0 Å². The molecule has 0 spiro atoms. The van der Waals surface area contributed by atoms with E-state index in [0.29, 0.717) is 26.2 Å². The minimum absolute atomic E-state index is 0.162. The van der Waals surface area contributed by atoms with Crippen molar-refractivity contribution in [3.05, 3.63) is 63.1 Å². The van der Waals surface area contributed by atoms with Crippen molar-refractivity contribution in [3.8, 4) is 11.4 Å². The maximum absolute atomic E-state index is 11.9. The molecule has 3 rings (SSSR count). The number of hydrogen-bond acceptors (Lipinski definition) is 5. The van der Waals surface area contributed by atoms with Crippen molar-refractivity contribution in [3.63, 3.8) is 0 Å². The van der Waals surface area contributed by atoms with Crippen LogP contribution in [0.5, 0.6) is 0 Å². The lowest BCUT2D eigenvalue weighted by molar-refractivity contribution is -0.122. The van der Waals surface area contributed by atoms with E-state index in [-0.39, 0.29) is 12.4 Å². The van der Waals surface area contributed by atoms with Gasteiger partial charge in [0.25, 0.3) is 5.91 Å². The van der Waals surface area contributed by atoms with Crippen LogP contribution in [-0.4, -0.2) is 32.3 Å². The molecule has 7 nitrogen and oxygen atoms in total. The van der Waals surface area contributed by atoms with Gasteiger partial charge < -0.3 is 0 Å². The summed E-state index contributed by atoms with van der Waals surface area (Å²) in [6.07, 6.45) is 1.45. The highest BCUT2D eigenvalue weighted by molar-refractivity contribution is 6.43. The van der Waals surface area contributed by atoms with Crippen LogP contribution < -0.4 is 5.43 Å². The summed E-state index contributed by atoms with van der Waals surface area (Å²) in [5.74, 6) is -0.153. The Labute approximate surface area is 163 Å². The zero-order chi connectivity index (χ0) is 18.5. The molecule has 10 heteroatoms. The topological polar surface area (TPSA) is 85.1 Å². The fourth-order valence-electron chi connectivity index (χ4n) is 2.01.